The van der Waals surface area contributed by atoms with E-state index in [4.69, 9.17) is 4.84 Å². The smallest absolute Gasteiger partial charge is 0.278 e. The number of fused-ring (bicyclic) bond motifs is 1. The van der Waals surface area contributed by atoms with Gasteiger partial charge in [0.05, 0.1) is 23.9 Å². The van der Waals surface area contributed by atoms with Gasteiger partial charge in [-0.2, -0.15) is 11.3 Å². The SMILES string of the molecule is CONc1c(N2CCN(C(=O)c3ccsc3)CC2)c2ccccc2n(C)c1=O. The first-order valence-corrected chi connectivity index (χ1v) is 10.0. The number of hydrogen-bond donors (Lipinski definition) is 1. The van der Waals surface area contributed by atoms with Crippen LogP contribution < -0.4 is 15.9 Å². The van der Waals surface area contributed by atoms with Crippen molar-refractivity contribution in [1.29, 1.82) is 0 Å². The highest BCUT2D eigenvalue weighted by atomic mass is 32.1. The topological polar surface area (TPSA) is 66.8 Å². The number of thiophene rings is 1. The summed E-state index contributed by atoms with van der Waals surface area (Å²) in [6.07, 6.45) is 0. The molecule has 7 nitrogen and oxygen atoms in total. The number of carbonyl (C=O) groups excluding carboxylic acids is 1. The van der Waals surface area contributed by atoms with Gasteiger partial charge in [0.1, 0.15) is 5.69 Å². The van der Waals surface area contributed by atoms with Crippen LogP contribution in [-0.4, -0.2) is 48.7 Å². The molecule has 3 heterocycles. The van der Waals surface area contributed by atoms with Crippen LogP contribution >= 0.6 is 11.3 Å². The van der Waals surface area contributed by atoms with Crippen LogP contribution in [0.3, 0.4) is 0 Å². The molecule has 1 amide bonds. The predicted octanol–water partition coefficient (Wildman–Crippen LogP) is 2.54. The molecule has 4 rings (SSSR count). The summed E-state index contributed by atoms with van der Waals surface area (Å²) in [5.41, 5.74) is 5.47. The molecular formula is C20H22N4O3S. The molecule has 0 atom stereocenters. The van der Waals surface area contributed by atoms with Gasteiger partial charge >= 0.3 is 0 Å². The highest BCUT2D eigenvalue weighted by molar-refractivity contribution is 7.08. The largest absolute Gasteiger partial charge is 0.366 e. The summed E-state index contributed by atoms with van der Waals surface area (Å²) >= 11 is 1.52. The second kappa shape index (κ2) is 7.65. The molecule has 1 N–H and O–H groups in total. The molecule has 0 bridgehead atoms. The van der Waals surface area contributed by atoms with Crippen LogP contribution in [0.4, 0.5) is 11.4 Å². The van der Waals surface area contributed by atoms with Crippen LogP contribution in [0, 0.1) is 0 Å². The van der Waals surface area contributed by atoms with Crippen molar-refractivity contribution < 1.29 is 9.63 Å². The minimum absolute atomic E-state index is 0.0602. The Balaban J connectivity index is 1.68. The minimum atomic E-state index is -0.146. The molecule has 0 radical (unpaired) electrons. The van der Waals surface area contributed by atoms with Crippen LogP contribution in [0.1, 0.15) is 10.4 Å². The van der Waals surface area contributed by atoms with Crippen LogP contribution in [0.25, 0.3) is 10.9 Å². The van der Waals surface area contributed by atoms with E-state index in [-0.39, 0.29) is 11.5 Å². The number of anilines is 2. The normalized spacial score (nSPS) is 14.5. The van der Waals surface area contributed by atoms with Crippen molar-refractivity contribution in [2.75, 3.05) is 43.7 Å². The maximum atomic E-state index is 12.9. The average molecular weight is 398 g/mol. The number of aryl methyl sites for hydroxylation is 1. The van der Waals surface area contributed by atoms with Crippen LogP contribution in [-0.2, 0) is 11.9 Å². The number of para-hydroxylation sites is 1. The third kappa shape index (κ3) is 3.14. The quantitative estimate of drug-likeness (QED) is 0.684. The number of carbonyl (C=O) groups is 1. The molecule has 8 heteroatoms. The molecular weight excluding hydrogens is 376 g/mol. The van der Waals surface area contributed by atoms with E-state index < -0.39 is 0 Å². The molecule has 1 aromatic carbocycles. The van der Waals surface area contributed by atoms with Crippen LogP contribution in [0.5, 0.6) is 0 Å². The summed E-state index contributed by atoms with van der Waals surface area (Å²) in [7, 11) is 3.25. The van der Waals surface area contributed by atoms with Gasteiger partial charge in [-0.3, -0.25) is 19.9 Å². The fourth-order valence-corrected chi connectivity index (χ4v) is 4.33. The zero-order valence-electron chi connectivity index (χ0n) is 15.8. The second-order valence-corrected chi connectivity index (χ2v) is 7.48. The number of amides is 1. The molecule has 28 heavy (non-hydrogen) atoms. The summed E-state index contributed by atoms with van der Waals surface area (Å²) in [5, 5.41) is 4.77. The van der Waals surface area contributed by atoms with Crippen molar-refractivity contribution in [1.82, 2.24) is 9.47 Å². The number of nitrogens with zero attached hydrogens (tertiary/aromatic N) is 3. The van der Waals surface area contributed by atoms with E-state index in [2.05, 4.69) is 10.4 Å². The molecule has 3 aromatic rings. The molecule has 0 unspecified atom stereocenters. The third-order valence-electron chi connectivity index (χ3n) is 5.13. The number of hydrogen-bond acceptors (Lipinski definition) is 6. The zero-order valence-corrected chi connectivity index (χ0v) is 16.7. The Labute approximate surface area is 166 Å². The first kappa shape index (κ1) is 18.5. The van der Waals surface area contributed by atoms with Crippen molar-refractivity contribution in [2.45, 2.75) is 0 Å². The number of aromatic nitrogens is 1. The number of rotatable bonds is 4. The van der Waals surface area contributed by atoms with E-state index in [1.807, 2.05) is 46.0 Å². The Kier molecular flexibility index (Phi) is 5.06. The lowest BCUT2D eigenvalue weighted by molar-refractivity contribution is 0.0747. The van der Waals surface area contributed by atoms with Gasteiger partial charge in [-0.05, 0) is 17.5 Å². The molecule has 2 aromatic heterocycles. The average Bonchev–Trinajstić information content (AvgIpc) is 3.27. The van der Waals surface area contributed by atoms with Gasteiger partial charge < -0.3 is 14.4 Å². The number of nitrogens with one attached hydrogen (secondary N) is 1. The van der Waals surface area contributed by atoms with E-state index in [0.29, 0.717) is 31.9 Å². The van der Waals surface area contributed by atoms with Gasteiger partial charge in [-0.15, -0.1) is 0 Å². The highest BCUT2D eigenvalue weighted by Crippen LogP contribution is 2.32. The van der Waals surface area contributed by atoms with E-state index in [9.17, 15) is 9.59 Å². The number of pyridine rings is 1. The fraction of sp³-hybridized carbons (Fsp3) is 0.300. The lowest BCUT2D eigenvalue weighted by Crippen LogP contribution is -2.49. The van der Waals surface area contributed by atoms with Gasteiger partial charge in [-0.25, -0.2) is 0 Å². The van der Waals surface area contributed by atoms with Gasteiger partial charge in [-0.1, -0.05) is 18.2 Å². The van der Waals surface area contributed by atoms with Gasteiger partial charge in [0.15, 0.2) is 0 Å². The summed E-state index contributed by atoms with van der Waals surface area (Å²) in [6.45, 7) is 2.49. The number of benzene rings is 1. The fourth-order valence-electron chi connectivity index (χ4n) is 3.70. The summed E-state index contributed by atoms with van der Waals surface area (Å²) in [5.74, 6) is 0.0602. The maximum absolute atomic E-state index is 12.9. The summed E-state index contributed by atoms with van der Waals surface area (Å²) in [4.78, 5) is 34.6. The third-order valence-corrected chi connectivity index (χ3v) is 5.81. The van der Waals surface area contributed by atoms with Crippen molar-refractivity contribution in [3.63, 3.8) is 0 Å². The molecule has 0 saturated carbocycles. The maximum Gasteiger partial charge on any atom is 0.278 e. The standard InChI is InChI=1S/C20H22N4O3S/c1-22-16-6-4-3-5-15(16)18(17(20(22)26)21-27-2)23-8-10-24(11-9-23)19(25)14-7-12-28-13-14/h3-7,12-13,21H,8-11H2,1-2H3. The molecule has 1 fully saturated rings. The van der Waals surface area contributed by atoms with E-state index in [1.54, 1.807) is 11.6 Å². The van der Waals surface area contributed by atoms with Crippen molar-refractivity contribution >= 4 is 39.5 Å². The Morgan fingerprint density at radius 1 is 1.14 bits per heavy atom. The lowest BCUT2D eigenvalue weighted by atomic mass is 10.1. The van der Waals surface area contributed by atoms with Gasteiger partial charge in [0.2, 0.25) is 0 Å². The Morgan fingerprint density at radius 2 is 1.89 bits per heavy atom. The second-order valence-electron chi connectivity index (χ2n) is 6.70. The Morgan fingerprint density at radius 3 is 2.57 bits per heavy atom. The molecule has 146 valence electrons. The van der Waals surface area contributed by atoms with Crippen LogP contribution in [0.15, 0.2) is 45.9 Å². The van der Waals surface area contributed by atoms with Gasteiger partial charge in [0, 0.05) is 44.0 Å². The monoisotopic (exact) mass is 398 g/mol. The first-order chi connectivity index (χ1) is 13.6. The molecule has 1 aliphatic heterocycles. The van der Waals surface area contributed by atoms with Crippen LogP contribution in [0.2, 0.25) is 0 Å². The first-order valence-electron chi connectivity index (χ1n) is 9.09. The van der Waals surface area contributed by atoms with Crippen molar-refractivity contribution in [3.8, 4) is 0 Å². The molecule has 0 aliphatic carbocycles. The predicted molar refractivity (Wildman–Crippen MR) is 112 cm³/mol. The highest BCUT2D eigenvalue weighted by Gasteiger charge is 2.26. The Hall–Kier alpha value is -2.84. The minimum Gasteiger partial charge on any atom is -0.366 e. The zero-order chi connectivity index (χ0) is 19.7. The summed E-state index contributed by atoms with van der Waals surface area (Å²) < 4.78 is 1.62. The molecule has 0 spiro atoms. The van der Waals surface area contributed by atoms with E-state index in [1.165, 1.54) is 18.4 Å². The van der Waals surface area contributed by atoms with E-state index in [0.717, 1.165) is 22.2 Å². The Bertz CT molecular complexity index is 1050. The van der Waals surface area contributed by atoms with Gasteiger partial charge in [0.25, 0.3) is 11.5 Å². The van der Waals surface area contributed by atoms with Crippen molar-refractivity contribution in [3.05, 3.63) is 57.0 Å². The van der Waals surface area contributed by atoms with Crippen molar-refractivity contribution in [2.24, 2.45) is 7.05 Å². The lowest BCUT2D eigenvalue weighted by Gasteiger charge is -2.37. The summed E-state index contributed by atoms with van der Waals surface area (Å²) in [6, 6.07) is 9.69. The molecule has 1 saturated heterocycles. The molecule has 1 aliphatic rings. The number of piperazine rings is 1. The van der Waals surface area contributed by atoms with E-state index >= 15 is 0 Å².